The topological polar surface area (TPSA) is 117 Å². The molecule has 0 unspecified atom stereocenters. The number of carbonyl (C=O) groups is 1. The lowest BCUT2D eigenvalue weighted by molar-refractivity contribution is -0.118. The van der Waals surface area contributed by atoms with Crippen LogP contribution in [0.1, 0.15) is 45.7 Å². The number of aryl methyl sites for hydroxylation is 1. The van der Waals surface area contributed by atoms with Crippen molar-refractivity contribution in [2.45, 2.75) is 53.0 Å². The van der Waals surface area contributed by atoms with Gasteiger partial charge in [-0.05, 0) is 36.5 Å². The lowest BCUT2D eigenvalue weighted by atomic mass is 10.1. The number of unbranched alkanes of at least 4 members (excludes halogenated alkanes) is 1. The van der Waals surface area contributed by atoms with Crippen LogP contribution in [0.15, 0.2) is 52.1 Å². The largest absolute Gasteiger partial charge is 0.383 e. The number of aromatic nitrogens is 3. The average Bonchev–Trinajstić information content (AvgIpc) is 3.26. The Kier molecular flexibility index (Phi) is 7.92. The molecule has 0 aliphatic rings. The van der Waals surface area contributed by atoms with Gasteiger partial charge >= 0.3 is 5.69 Å². The Morgan fingerprint density at radius 1 is 1.09 bits per heavy atom. The predicted molar refractivity (Wildman–Crippen MR) is 132 cm³/mol. The molecule has 8 nitrogen and oxygen atoms in total. The molecule has 1 amide bonds. The van der Waals surface area contributed by atoms with Gasteiger partial charge in [-0.15, -0.1) is 0 Å². The average molecular weight is 452 g/mol. The van der Waals surface area contributed by atoms with E-state index in [1.165, 1.54) is 9.47 Å². The van der Waals surface area contributed by atoms with Crippen molar-refractivity contribution >= 4 is 17.4 Å². The summed E-state index contributed by atoms with van der Waals surface area (Å²) in [6, 6.07) is 13.9. The van der Waals surface area contributed by atoms with Crippen LogP contribution in [0, 0.1) is 5.92 Å². The Bertz CT molecular complexity index is 1190. The van der Waals surface area contributed by atoms with Gasteiger partial charge in [0.25, 0.3) is 5.56 Å². The highest BCUT2D eigenvalue weighted by Gasteiger charge is 2.25. The van der Waals surface area contributed by atoms with Crippen LogP contribution in [0.25, 0.3) is 11.3 Å². The first-order chi connectivity index (χ1) is 15.8. The van der Waals surface area contributed by atoms with E-state index in [9.17, 15) is 14.4 Å². The third-order valence-electron chi connectivity index (χ3n) is 5.51. The number of nitrogens with zero attached hydrogens (tertiary/aromatic N) is 2. The summed E-state index contributed by atoms with van der Waals surface area (Å²) in [6.07, 6.45) is 2.31. The molecule has 0 atom stereocenters. The van der Waals surface area contributed by atoms with Gasteiger partial charge in [-0.25, -0.2) is 4.79 Å². The zero-order valence-electron chi connectivity index (χ0n) is 19.6. The third kappa shape index (κ3) is 5.83. The number of H-pyrrole nitrogens is 2. The van der Waals surface area contributed by atoms with Gasteiger partial charge in [0.05, 0.1) is 0 Å². The summed E-state index contributed by atoms with van der Waals surface area (Å²) in [5.74, 6) is -0.0613. The minimum atomic E-state index is -0.634. The number of anilines is 2. The highest BCUT2D eigenvalue weighted by Crippen LogP contribution is 2.22. The summed E-state index contributed by atoms with van der Waals surface area (Å²) >= 11 is 0. The number of rotatable bonds is 10. The number of nitrogen functional groups attached to an aromatic ring is 1. The second kappa shape index (κ2) is 10.8. The Morgan fingerprint density at radius 3 is 2.48 bits per heavy atom. The summed E-state index contributed by atoms with van der Waals surface area (Å²) in [5, 5.41) is 0. The first kappa shape index (κ1) is 24.1. The van der Waals surface area contributed by atoms with Gasteiger partial charge in [-0.3, -0.25) is 19.1 Å². The Labute approximate surface area is 193 Å². The smallest absolute Gasteiger partial charge is 0.330 e. The van der Waals surface area contributed by atoms with Crippen LogP contribution in [0.5, 0.6) is 0 Å². The molecule has 0 saturated heterocycles. The first-order valence-corrected chi connectivity index (χ1v) is 11.5. The van der Waals surface area contributed by atoms with E-state index in [1.54, 1.807) is 0 Å². The summed E-state index contributed by atoms with van der Waals surface area (Å²) < 4.78 is 1.35. The molecule has 3 rings (SSSR count). The second-order valence-electron chi connectivity index (χ2n) is 8.66. The van der Waals surface area contributed by atoms with Crippen molar-refractivity contribution < 1.29 is 4.79 Å². The van der Waals surface area contributed by atoms with Crippen molar-refractivity contribution in [2.24, 2.45) is 5.92 Å². The molecule has 0 aliphatic heterocycles. The molecule has 3 aromatic rings. The first-order valence-electron chi connectivity index (χ1n) is 11.5. The molecule has 8 heteroatoms. The van der Waals surface area contributed by atoms with E-state index in [-0.39, 0.29) is 29.8 Å². The highest BCUT2D eigenvalue weighted by molar-refractivity contribution is 5.95. The van der Waals surface area contributed by atoms with Crippen molar-refractivity contribution in [1.82, 2.24) is 14.5 Å². The maximum absolute atomic E-state index is 13.3. The standard InChI is InChI=1S/C25H33N5O3/c1-4-5-15-29-23(26)22(24(32)28-25(29)33)30(16-17(2)3)21(31)14-12-19-11-13-20(27-19)18-9-7-6-8-10-18/h6-11,13,17,27H,4-5,12,14-16,26H2,1-3H3,(H,28,32,33). The second-order valence-corrected chi connectivity index (χ2v) is 8.66. The Hall–Kier alpha value is -3.55. The fourth-order valence-electron chi connectivity index (χ4n) is 3.81. The van der Waals surface area contributed by atoms with Gasteiger partial charge in [0.15, 0.2) is 5.69 Å². The predicted octanol–water partition coefficient (Wildman–Crippen LogP) is 3.54. The molecule has 0 saturated carbocycles. The molecule has 2 heterocycles. The normalized spacial score (nSPS) is 11.2. The van der Waals surface area contributed by atoms with E-state index in [1.807, 2.05) is 63.2 Å². The van der Waals surface area contributed by atoms with E-state index in [0.29, 0.717) is 19.5 Å². The number of benzene rings is 1. The molecule has 176 valence electrons. The molecule has 0 bridgehead atoms. The van der Waals surface area contributed by atoms with Gasteiger partial charge in [0.2, 0.25) is 5.91 Å². The van der Waals surface area contributed by atoms with E-state index in [4.69, 9.17) is 5.73 Å². The number of carbonyl (C=O) groups excluding carboxylic acids is 1. The lowest BCUT2D eigenvalue weighted by Crippen LogP contribution is -2.42. The summed E-state index contributed by atoms with van der Waals surface area (Å²) in [4.78, 5) is 45.4. The quantitative estimate of drug-likeness (QED) is 0.437. The van der Waals surface area contributed by atoms with E-state index in [2.05, 4.69) is 9.97 Å². The molecule has 2 aromatic heterocycles. The number of hydrogen-bond acceptors (Lipinski definition) is 4. The molecule has 1 aromatic carbocycles. The minimum absolute atomic E-state index is 0.0393. The van der Waals surface area contributed by atoms with E-state index < -0.39 is 11.2 Å². The Morgan fingerprint density at radius 2 is 1.82 bits per heavy atom. The molecule has 0 spiro atoms. The monoisotopic (exact) mass is 451 g/mol. The number of aromatic amines is 2. The number of amides is 1. The van der Waals surface area contributed by atoms with Crippen LogP contribution in [0.3, 0.4) is 0 Å². The summed E-state index contributed by atoms with van der Waals surface area (Å²) in [7, 11) is 0. The summed E-state index contributed by atoms with van der Waals surface area (Å²) in [5.41, 5.74) is 8.12. The molecule has 0 fully saturated rings. The number of nitrogens with one attached hydrogen (secondary N) is 2. The van der Waals surface area contributed by atoms with Crippen molar-refractivity contribution in [3.8, 4) is 11.3 Å². The molecule has 0 radical (unpaired) electrons. The summed E-state index contributed by atoms with van der Waals surface area (Å²) in [6.45, 7) is 6.66. The van der Waals surface area contributed by atoms with Crippen LogP contribution >= 0.6 is 0 Å². The van der Waals surface area contributed by atoms with Gasteiger partial charge in [0, 0.05) is 30.9 Å². The van der Waals surface area contributed by atoms with Gasteiger partial charge in [-0.1, -0.05) is 57.5 Å². The number of nitrogens with two attached hydrogens (primary N) is 1. The van der Waals surface area contributed by atoms with Crippen LogP contribution < -0.4 is 21.9 Å². The fraction of sp³-hybridized carbons (Fsp3) is 0.400. The highest BCUT2D eigenvalue weighted by atomic mass is 16.2. The van der Waals surface area contributed by atoms with Crippen LogP contribution in [-0.2, 0) is 17.8 Å². The maximum atomic E-state index is 13.3. The zero-order valence-corrected chi connectivity index (χ0v) is 19.6. The Balaban J connectivity index is 1.84. The number of hydrogen-bond donors (Lipinski definition) is 3. The minimum Gasteiger partial charge on any atom is -0.383 e. The molecule has 4 N–H and O–H groups in total. The van der Waals surface area contributed by atoms with Gasteiger partial charge < -0.3 is 15.6 Å². The molecule has 0 aliphatic carbocycles. The maximum Gasteiger partial charge on any atom is 0.330 e. The van der Waals surface area contributed by atoms with Gasteiger partial charge in [-0.2, -0.15) is 0 Å². The molecule has 33 heavy (non-hydrogen) atoms. The van der Waals surface area contributed by atoms with Gasteiger partial charge in [0.1, 0.15) is 5.82 Å². The molecular weight excluding hydrogens is 418 g/mol. The van der Waals surface area contributed by atoms with Crippen LogP contribution in [0.2, 0.25) is 0 Å². The zero-order chi connectivity index (χ0) is 24.0. The lowest BCUT2D eigenvalue weighted by Gasteiger charge is -2.26. The fourth-order valence-corrected chi connectivity index (χ4v) is 3.81. The van der Waals surface area contributed by atoms with Crippen LogP contribution in [0.4, 0.5) is 11.5 Å². The van der Waals surface area contributed by atoms with Crippen molar-refractivity contribution in [2.75, 3.05) is 17.2 Å². The van der Waals surface area contributed by atoms with E-state index >= 15 is 0 Å². The van der Waals surface area contributed by atoms with Crippen molar-refractivity contribution in [3.63, 3.8) is 0 Å². The van der Waals surface area contributed by atoms with Crippen molar-refractivity contribution in [1.29, 1.82) is 0 Å². The van der Waals surface area contributed by atoms with E-state index in [0.717, 1.165) is 29.8 Å². The van der Waals surface area contributed by atoms with Crippen LogP contribution in [-0.4, -0.2) is 27.0 Å². The molecular formula is C25H33N5O3. The third-order valence-corrected chi connectivity index (χ3v) is 5.51. The SMILES string of the molecule is CCCCn1c(N)c(N(CC(C)C)C(=O)CCc2ccc(-c3ccccc3)[nH]2)c(=O)[nH]c1=O. The van der Waals surface area contributed by atoms with Crippen molar-refractivity contribution in [3.05, 3.63) is 69.0 Å².